The standard InChI is InChI=1S/C50H34/c1-2-13-36-29-37(26-23-32(36)11-1)33-21-24-35(25-22-33)39-28-27-34-12-3-4-14-38(34)44-31-49-45(30-43(39)44)42-17-7-10-20-48(42)50(49)46-18-8-5-15-40(46)41-16-6-9-19-47(41)50/h1-24,26,28-31,35H,25,27H2. The van der Waals surface area contributed by atoms with Gasteiger partial charge in [-0.15, -0.1) is 0 Å². The molecule has 0 fully saturated rings. The molecular formula is C50H34. The first-order valence-electron chi connectivity index (χ1n) is 17.9. The Balaban J connectivity index is 1.10. The number of fused-ring (bicyclic) bond motifs is 14. The van der Waals surface area contributed by atoms with E-state index in [9.17, 15) is 0 Å². The van der Waals surface area contributed by atoms with E-state index < -0.39 is 0 Å². The highest BCUT2D eigenvalue weighted by molar-refractivity contribution is 5.99. The van der Waals surface area contributed by atoms with Crippen LogP contribution in [-0.2, 0) is 11.8 Å². The Morgan fingerprint density at radius 3 is 1.76 bits per heavy atom. The summed E-state index contributed by atoms with van der Waals surface area (Å²) < 4.78 is 0. The lowest BCUT2D eigenvalue weighted by atomic mass is 9.70. The Kier molecular flexibility index (Phi) is 5.87. The smallest absolute Gasteiger partial charge is 0.0725 e. The van der Waals surface area contributed by atoms with Gasteiger partial charge in [0.1, 0.15) is 0 Å². The van der Waals surface area contributed by atoms with E-state index in [1.54, 1.807) is 0 Å². The number of hydrogen-bond acceptors (Lipinski definition) is 0. The summed E-state index contributed by atoms with van der Waals surface area (Å²) in [5.74, 6) is 0.309. The van der Waals surface area contributed by atoms with E-state index in [2.05, 4.69) is 176 Å². The van der Waals surface area contributed by atoms with Crippen LogP contribution in [0.3, 0.4) is 0 Å². The summed E-state index contributed by atoms with van der Waals surface area (Å²) >= 11 is 0. The van der Waals surface area contributed by atoms with Crippen LogP contribution >= 0.6 is 0 Å². The van der Waals surface area contributed by atoms with Crippen molar-refractivity contribution in [2.45, 2.75) is 18.3 Å². The SMILES string of the molecule is C1=CC(C2=CCc3ccccc3-c3cc4c(cc32)-c2ccccc2C42c3ccccc3-c3ccccc32)CC=C1c1ccc2ccccc2c1. The van der Waals surface area contributed by atoms with Gasteiger partial charge in [0.2, 0.25) is 0 Å². The molecule has 11 rings (SSSR count). The molecular weight excluding hydrogens is 601 g/mol. The quantitative estimate of drug-likeness (QED) is 0.177. The summed E-state index contributed by atoms with van der Waals surface area (Å²) in [4.78, 5) is 0. The molecule has 50 heavy (non-hydrogen) atoms. The van der Waals surface area contributed by atoms with Crippen molar-refractivity contribution in [2.75, 3.05) is 0 Å². The van der Waals surface area contributed by atoms with Crippen molar-refractivity contribution in [3.63, 3.8) is 0 Å². The molecule has 1 unspecified atom stereocenters. The average Bonchev–Trinajstić information content (AvgIpc) is 3.58. The molecule has 234 valence electrons. The van der Waals surface area contributed by atoms with Gasteiger partial charge in [0.25, 0.3) is 0 Å². The zero-order valence-corrected chi connectivity index (χ0v) is 27.7. The summed E-state index contributed by atoms with van der Waals surface area (Å²) in [5.41, 5.74) is 20.2. The van der Waals surface area contributed by atoms with Crippen molar-refractivity contribution < 1.29 is 0 Å². The van der Waals surface area contributed by atoms with Gasteiger partial charge in [-0.3, -0.25) is 0 Å². The molecule has 0 heterocycles. The van der Waals surface area contributed by atoms with Crippen molar-refractivity contribution in [1.29, 1.82) is 0 Å². The topological polar surface area (TPSA) is 0 Å². The Bertz CT molecular complexity index is 2610. The average molecular weight is 635 g/mol. The predicted molar refractivity (Wildman–Crippen MR) is 209 cm³/mol. The van der Waals surface area contributed by atoms with E-state index in [-0.39, 0.29) is 5.41 Å². The monoisotopic (exact) mass is 634 g/mol. The summed E-state index contributed by atoms with van der Waals surface area (Å²) in [6, 6.07) is 57.1. The molecule has 0 nitrogen and oxygen atoms in total. The second-order valence-electron chi connectivity index (χ2n) is 14.3. The highest BCUT2D eigenvalue weighted by Crippen LogP contribution is 2.63. The summed E-state index contributed by atoms with van der Waals surface area (Å²) in [6.07, 6.45) is 11.7. The van der Waals surface area contributed by atoms with E-state index in [4.69, 9.17) is 0 Å². The van der Waals surface area contributed by atoms with Crippen LogP contribution in [0, 0.1) is 5.92 Å². The Hall–Kier alpha value is -5.98. The second-order valence-corrected chi connectivity index (χ2v) is 14.3. The van der Waals surface area contributed by atoms with Crippen LogP contribution in [0.1, 0.15) is 45.4 Å². The second kappa shape index (κ2) is 10.5. The van der Waals surface area contributed by atoms with Gasteiger partial charge in [0.15, 0.2) is 0 Å². The molecule has 0 aromatic heterocycles. The molecule has 7 aromatic rings. The zero-order chi connectivity index (χ0) is 32.8. The molecule has 0 radical (unpaired) electrons. The van der Waals surface area contributed by atoms with Crippen LogP contribution < -0.4 is 0 Å². The molecule has 1 spiro atoms. The van der Waals surface area contributed by atoms with Crippen LogP contribution in [-0.4, -0.2) is 0 Å². The van der Waals surface area contributed by atoms with Crippen LogP contribution in [0.15, 0.2) is 176 Å². The van der Waals surface area contributed by atoms with Gasteiger partial charge in [-0.25, -0.2) is 0 Å². The van der Waals surface area contributed by atoms with Gasteiger partial charge in [-0.2, -0.15) is 0 Å². The third-order valence-corrected chi connectivity index (χ3v) is 11.9. The lowest BCUT2D eigenvalue weighted by Crippen LogP contribution is -2.26. The van der Waals surface area contributed by atoms with Crippen molar-refractivity contribution >= 4 is 21.9 Å². The minimum atomic E-state index is -0.346. The highest BCUT2D eigenvalue weighted by Gasteiger charge is 2.52. The maximum Gasteiger partial charge on any atom is 0.0725 e. The Morgan fingerprint density at radius 2 is 1.06 bits per heavy atom. The molecule has 0 amide bonds. The zero-order valence-electron chi connectivity index (χ0n) is 27.7. The fourth-order valence-electron chi connectivity index (χ4n) is 9.68. The molecule has 4 aliphatic carbocycles. The van der Waals surface area contributed by atoms with Crippen LogP contribution in [0.4, 0.5) is 0 Å². The van der Waals surface area contributed by atoms with Gasteiger partial charge in [-0.05, 0) is 125 Å². The molecule has 0 saturated carbocycles. The molecule has 7 aromatic carbocycles. The fourth-order valence-corrected chi connectivity index (χ4v) is 9.68. The van der Waals surface area contributed by atoms with Crippen LogP contribution in [0.25, 0.3) is 55.3 Å². The van der Waals surface area contributed by atoms with Crippen molar-refractivity contribution in [3.05, 3.63) is 215 Å². The van der Waals surface area contributed by atoms with E-state index in [0.29, 0.717) is 5.92 Å². The first kappa shape index (κ1) is 27.9. The molecule has 0 aliphatic heterocycles. The van der Waals surface area contributed by atoms with Crippen molar-refractivity contribution in [1.82, 2.24) is 0 Å². The third-order valence-electron chi connectivity index (χ3n) is 11.9. The first-order valence-corrected chi connectivity index (χ1v) is 17.9. The molecule has 0 heteroatoms. The summed E-state index contributed by atoms with van der Waals surface area (Å²) in [7, 11) is 0. The maximum absolute atomic E-state index is 2.59. The highest BCUT2D eigenvalue weighted by atomic mass is 14.5. The van der Waals surface area contributed by atoms with Crippen molar-refractivity contribution in [2.24, 2.45) is 5.92 Å². The largest absolute Gasteiger partial charge is 0.0761 e. The van der Waals surface area contributed by atoms with E-state index in [1.165, 1.54) is 94.2 Å². The summed E-state index contributed by atoms with van der Waals surface area (Å²) in [6.45, 7) is 0. The number of benzene rings is 7. The minimum absolute atomic E-state index is 0.309. The molecule has 0 saturated heterocycles. The van der Waals surface area contributed by atoms with Gasteiger partial charge in [0, 0.05) is 5.92 Å². The summed E-state index contributed by atoms with van der Waals surface area (Å²) in [5, 5.41) is 2.58. The van der Waals surface area contributed by atoms with Crippen LogP contribution in [0.5, 0.6) is 0 Å². The number of hydrogen-bond donors (Lipinski definition) is 0. The van der Waals surface area contributed by atoms with E-state index >= 15 is 0 Å². The van der Waals surface area contributed by atoms with Gasteiger partial charge in [0.05, 0.1) is 5.41 Å². The minimum Gasteiger partial charge on any atom is -0.0761 e. The Morgan fingerprint density at radius 1 is 0.440 bits per heavy atom. The van der Waals surface area contributed by atoms with Gasteiger partial charge < -0.3 is 0 Å². The maximum atomic E-state index is 2.59. The third kappa shape index (κ3) is 3.77. The normalized spacial score (nSPS) is 17.2. The van der Waals surface area contributed by atoms with Crippen LogP contribution in [0.2, 0.25) is 0 Å². The lowest BCUT2D eigenvalue weighted by Gasteiger charge is -2.31. The molecule has 1 atom stereocenters. The van der Waals surface area contributed by atoms with Crippen molar-refractivity contribution in [3.8, 4) is 33.4 Å². The van der Waals surface area contributed by atoms with Gasteiger partial charge in [-0.1, -0.05) is 158 Å². The molecule has 0 N–H and O–H groups in total. The molecule has 0 bridgehead atoms. The lowest BCUT2D eigenvalue weighted by molar-refractivity contribution is 0.793. The molecule has 4 aliphatic rings. The predicted octanol–water partition coefficient (Wildman–Crippen LogP) is 12.4. The van der Waals surface area contributed by atoms with E-state index in [0.717, 1.165) is 12.8 Å². The Labute approximate surface area is 293 Å². The van der Waals surface area contributed by atoms with E-state index in [1.807, 2.05) is 0 Å². The first-order chi connectivity index (χ1) is 24.8. The van der Waals surface area contributed by atoms with Gasteiger partial charge >= 0.3 is 0 Å². The number of allylic oxidation sites excluding steroid dienone is 6. The fraction of sp³-hybridized carbons (Fsp3) is 0.0800. The number of rotatable bonds is 2.